The van der Waals surface area contributed by atoms with Crippen LogP contribution in [0.3, 0.4) is 0 Å². The molecule has 10 aromatic carbocycles. The quantitative estimate of drug-likeness (QED) is 0.119. The highest BCUT2D eigenvalue weighted by Crippen LogP contribution is 2.40. The molecule has 0 amide bonds. The summed E-state index contributed by atoms with van der Waals surface area (Å²) < 4.78 is 0. The number of anilines is 3. The van der Waals surface area contributed by atoms with Gasteiger partial charge in [-0.15, -0.1) is 0 Å². The smallest absolute Gasteiger partial charge is 0.0462 e. The second-order valence-electron chi connectivity index (χ2n) is 16.6. The van der Waals surface area contributed by atoms with E-state index in [0.29, 0.717) is 0 Å². The fourth-order valence-electron chi connectivity index (χ4n) is 9.09. The molecule has 0 heterocycles. The lowest BCUT2D eigenvalue weighted by Gasteiger charge is -2.26. The van der Waals surface area contributed by atoms with Crippen LogP contribution in [0.25, 0.3) is 55.6 Å². The topological polar surface area (TPSA) is 3.24 Å². The molecule has 0 aliphatic rings. The molecule has 10 aromatic rings. The molecule has 0 saturated carbocycles. The van der Waals surface area contributed by atoms with Gasteiger partial charge in [0.2, 0.25) is 0 Å². The Morgan fingerprint density at radius 1 is 0.219 bits per heavy atom. The Morgan fingerprint density at radius 3 is 0.812 bits per heavy atom. The van der Waals surface area contributed by atoms with Crippen molar-refractivity contribution >= 4 is 17.1 Å². The van der Waals surface area contributed by atoms with E-state index in [0.717, 1.165) is 17.1 Å². The van der Waals surface area contributed by atoms with Gasteiger partial charge in [0, 0.05) is 23.0 Å². The highest BCUT2D eigenvalue weighted by atomic mass is 15.1. The molecule has 0 spiro atoms. The minimum absolute atomic E-state index is 0.237. The molecule has 0 aliphatic heterocycles. The third kappa shape index (κ3) is 8.71. The van der Waals surface area contributed by atoms with Crippen LogP contribution in [-0.4, -0.2) is 0 Å². The molecule has 0 bridgehead atoms. The Hall–Kier alpha value is -8.00. The Kier molecular flexibility index (Phi) is 11.6. The lowest BCUT2D eigenvalue weighted by Crippen LogP contribution is -2.10. The first kappa shape index (κ1) is 40.1. The van der Waals surface area contributed by atoms with Crippen molar-refractivity contribution in [2.75, 3.05) is 4.90 Å². The van der Waals surface area contributed by atoms with E-state index in [2.05, 4.69) is 279 Å². The summed E-state index contributed by atoms with van der Waals surface area (Å²) in [5.74, 6) is 0.524. The number of hydrogen-bond donors (Lipinski definition) is 0. The summed E-state index contributed by atoms with van der Waals surface area (Å²) >= 11 is 0. The molecule has 1 heteroatoms. The standard InChI is InChI=1S/C63H49N/c1-46(63(58-18-10-4-11-19-58)59-36-34-50(35-37-59)48-14-6-2-7-15-48)47-22-24-51(25-23-47)52-26-28-53(29-27-52)54-30-32-55(33-31-54)57-40-44-62(45-41-57)64(60-20-12-5-13-21-60)61-42-38-56(39-43-61)49-16-8-3-9-17-49/h2-46,63H,1H3/t46-,63?/m1/s1. The third-order valence-electron chi connectivity index (χ3n) is 12.6. The minimum atomic E-state index is 0.237. The highest BCUT2D eigenvalue weighted by Gasteiger charge is 2.23. The number of nitrogens with zero attached hydrogens (tertiary/aromatic N) is 1. The van der Waals surface area contributed by atoms with Crippen LogP contribution in [0.15, 0.2) is 267 Å². The van der Waals surface area contributed by atoms with Crippen LogP contribution in [-0.2, 0) is 0 Å². The van der Waals surface area contributed by atoms with Gasteiger partial charge in [0.05, 0.1) is 0 Å². The first-order valence-electron chi connectivity index (χ1n) is 22.3. The highest BCUT2D eigenvalue weighted by molar-refractivity contribution is 5.80. The van der Waals surface area contributed by atoms with Crippen LogP contribution >= 0.6 is 0 Å². The normalized spacial score (nSPS) is 12.0. The molecule has 0 fully saturated rings. The average Bonchev–Trinajstić information content (AvgIpc) is 3.38. The molecule has 0 saturated heterocycles. The van der Waals surface area contributed by atoms with Crippen LogP contribution in [0.5, 0.6) is 0 Å². The zero-order chi connectivity index (χ0) is 43.1. The van der Waals surface area contributed by atoms with Gasteiger partial charge in [-0.3, -0.25) is 0 Å². The maximum absolute atomic E-state index is 2.36. The van der Waals surface area contributed by atoms with E-state index in [9.17, 15) is 0 Å². The van der Waals surface area contributed by atoms with E-state index in [1.54, 1.807) is 0 Å². The SMILES string of the molecule is C[C@H](c1ccc(-c2ccc(-c3ccc(-c4ccc(N(c5ccccc5)c5ccc(-c6ccccc6)cc5)cc4)cc3)cc2)cc1)C(c1ccccc1)c1ccc(-c2ccccc2)cc1. The van der Waals surface area contributed by atoms with Crippen molar-refractivity contribution in [2.24, 2.45) is 0 Å². The molecule has 2 atom stereocenters. The fraction of sp³-hybridized carbons (Fsp3) is 0.0476. The van der Waals surface area contributed by atoms with Crippen molar-refractivity contribution < 1.29 is 0 Å². The first-order chi connectivity index (χ1) is 31.6. The molecular weight excluding hydrogens is 771 g/mol. The fourth-order valence-corrected chi connectivity index (χ4v) is 9.09. The average molecular weight is 820 g/mol. The zero-order valence-electron chi connectivity index (χ0n) is 36.0. The minimum Gasteiger partial charge on any atom is -0.311 e. The van der Waals surface area contributed by atoms with Gasteiger partial charge in [0.1, 0.15) is 0 Å². The lowest BCUT2D eigenvalue weighted by atomic mass is 9.78. The van der Waals surface area contributed by atoms with Crippen molar-refractivity contribution in [2.45, 2.75) is 18.8 Å². The van der Waals surface area contributed by atoms with Crippen molar-refractivity contribution in [3.05, 3.63) is 284 Å². The molecule has 64 heavy (non-hydrogen) atoms. The van der Waals surface area contributed by atoms with E-state index >= 15 is 0 Å². The van der Waals surface area contributed by atoms with E-state index in [1.807, 2.05) is 0 Å². The zero-order valence-corrected chi connectivity index (χ0v) is 36.0. The molecular formula is C63H49N. The summed E-state index contributed by atoms with van der Waals surface area (Å²) in [7, 11) is 0. The third-order valence-corrected chi connectivity index (χ3v) is 12.6. The maximum atomic E-state index is 2.36. The van der Waals surface area contributed by atoms with Crippen LogP contribution in [0, 0.1) is 0 Å². The molecule has 10 rings (SSSR count). The predicted octanol–water partition coefficient (Wildman–Crippen LogP) is 17.4. The van der Waals surface area contributed by atoms with E-state index in [1.165, 1.54) is 72.3 Å². The monoisotopic (exact) mass is 819 g/mol. The summed E-state index contributed by atoms with van der Waals surface area (Å²) in [6.07, 6.45) is 0. The summed E-state index contributed by atoms with van der Waals surface area (Å²) in [6.45, 7) is 2.36. The van der Waals surface area contributed by atoms with Crippen molar-refractivity contribution in [1.29, 1.82) is 0 Å². The molecule has 0 aromatic heterocycles. The first-order valence-corrected chi connectivity index (χ1v) is 22.3. The molecule has 0 radical (unpaired) electrons. The molecule has 306 valence electrons. The van der Waals surface area contributed by atoms with Gasteiger partial charge >= 0.3 is 0 Å². The Balaban J connectivity index is 0.829. The largest absolute Gasteiger partial charge is 0.311 e. The van der Waals surface area contributed by atoms with Crippen molar-refractivity contribution in [3.8, 4) is 55.6 Å². The Bertz CT molecular complexity index is 3020. The second kappa shape index (κ2) is 18.5. The van der Waals surface area contributed by atoms with Crippen molar-refractivity contribution in [1.82, 2.24) is 0 Å². The number of para-hydroxylation sites is 1. The number of benzene rings is 10. The Labute approximate surface area is 378 Å². The molecule has 1 unspecified atom stereocenters. The molecule has 0 aliphatic carbocycles. The van der Waals surface area contributed by atoms with Gasteiger partial charge < -0.3 is 4.90 Å². The van der Waals surface area contributed by atoms with E-state index in [-0.39, 0.29) is 11.8 Å². The van der Waals surface area contributed by atoms with E-state index < -0.39 is 0 Å². The summed E-state index contributed by atoms with van der Waals surface area (Å²) in [5.41, 5.74) is 19.5. The molecule has 0 N–H and O–H groups in total. The predicted molar refractivity (Wildman–Crippen MR) is 271 cm³/mol. The number of hydrogen-bond acceptors (Lipinski definition) is 1. The maximum Gasteiger partial charge on any atom is 0.0462 e. The molecule has 1 nitrogen and oxygen atoms in total. The van der Waals surface area contributed by atoms with Gasteiger partial charge in [-0.25, -0.2) is 0 Å². The van der Waals surface area contributed by atoms with Gasteiger partial charge in [0.25, 0.3) is 0 Å². The van der Waals surface area contributed by atoms with Crippen LogP contribution in [0.1, 0.15) is 35.4 Å². The lowest BCUT2D eigenvalue weighted by molar-refractivity contribution is 0.658. The number of rotatable bonds is 12. The summed E-state index contributed by atoms with van der Waals surface area (Å²) in [6, 6.07) is 96.6. The summed E-state index contributed by atoms with van der Waals surface area (Å²) in [5, 5.41) is 0. The van der Waals surface area contributed by atoms with Crippen molar-refractivity contribution in [3.63, 3.8) is 0 Å². The summed E-state index contributed by atoms with van der Waals surface area (Å²) in [4.78, 5) is 2.31. The Morgan fingerprint density at radius 2 is 0.453 bits per heavy atom. The van der Waals surface area contributed by atoms with E-state index in [4.69, 9.17) is 0 Å². The van der Waals surface area contributed by atoms with Gasteiger partial charge in [-0.2, -0.15) is 0 Å². The van der Waals surface area contributed by atoms with Gasteiger partial charge in [0.15, 0.2) is 0 Å². The van der Waals surface area contributed by atoms with Gasteiger partial charge in [-0.1, -0.05) is 237 Å². The van der Waals surface area contributed by atoms with Crippen LogP contribution in [0.4, 0.5) is 17.1 Å². The van der Waals surface area contributed by atoms with Gasteiger partial charge in [-0.05, 0) is 115 Å². The second-order valence-corrected chi connectivity index (χ2v) is 16.6. The van der Waals surface area contributed by atoms with Crippen LogP contribution < -0.4 is 4.90 Å². The van der Waals surface area contributed by atoms with Crippen LogP contribution in [0.2, 0.25) is 0 Å².